The Morgan fingerprint density at radius 2 is 1.14 bits per heavy atom. The topological polar surface area (TPSA) is 74.2 Å². The molecule has 2 saturated heterocycles. The highest BCUT2D eigenvalue weighted by Crippen LogP contribution is 2.43. The molecule has 2 fully saturated rings. The summed E-state index contributed by atoms with van der Waals surface area (Å²) in [6.07, 6.45) is 4.68. The molecule has 2 heterocycles. The van der Waals surface area contributed by atoms with Crippen molar-refractivity contribution in [2.45, 2.75) is 117 Å². The third-order valence-corrected chi connectivity index (χ3v) is 6.90. The number of hydrogen-bond donors (Lipinski definition) is 1. The molecule has 6 nitrogen and oxygen atoms in total. The predicted molar refractivity (Wildman–Crippen MR) is 116 cm³/mol. The van der Waals surface area contributed by atoms with Crippen LogP contribution in [0.2, 0.25) is 0 Å². The van der Waals surface area contributed by atoms with Gasteiger partial charge in [0.25, 0.3) is 0 Å². The Labute approximate surface area is 177 Å². The van der Waals surface area contributed by atoms with Crippen LogP contribution in [0.3, 0.4) is 0 Å². The van der Waals surface area contributed by atoms with E-state index in [1.165, 1.54) is 0 Å². The van der Waals surface area contributed by atoms with Crippen molar-refractivity contribution >= 4 is 20.2 Å². The van der Waals surface area contributed by atoms with Crippen molar-refractivity contribution in [3.63, 3.8) is 0 Å². The van der Waals surface area contributed by atoms with Crippen molar-refractivity contribution < 1.29 is 28.5 Å². The number of unbranched alkanes of at least 4 members (excludes halogenated alkanes) is 3. The van der Waals surface area contributed by atoms with E-state index < -0.39 is 42.6 Å². The van der Waals surface area contributed by atoms with Crippen molar-refractivity contribution in [2.24, 2.45) is 0 Å². The third-order valence-electron chi connectivity index (χ3n) is 6.90. The molecule has 0 saturated carbocycles. The summed E-state index contributed by atoms with van der Waals surface area (Å²) in [5.74, 6) is -1.05. The van der Waals surface area contributed by atoms with Crippen molar-refractivity contribution in [2.75, 3.05) is 0 Å². The molecule has 0 amide bonds. The molecule has 2 aliphatic rings. The smallest absolute Gasteiger partial charge is 0.478 e. The Balaban J connectivity index is 2.45. The molecule has 8 heteroatoms. The highest BCUT2D eigenvalue weighted by molar-refractivity contribution is 6.67. The standard InChI is InChI=1S/C21H38B2O6/c1-10-11-12-13-14-15(22-26-18(2,3)19(4,5)27-22)16(17(24)25)23-28-20(6,7)21(8,9)29-23/h10-14H2,1-9H3,(H,24,25)/b16-15-. The lowest BCUT2D eigenvalue weighted by Gasteiger charge is -2.32. The number of carbonyl (C=O) groups is 1. The second kappa shape index (κ2) is 8.37. The lowest BCUT2D eigenvalue weighted by molar-refractivity contribution is -0.132. The van der Waals surface area contributed by atoms with Crippen LogP contribution >= 0.6 is 0 Å². The Kier molecular flexibility index (Phi) is 7.06. The molecule has 0 atom stereocenters. The molecule has 0 radical (unpaired) electrons. The van der Waals surface area contributed by atoms with Crippen LogP contribution in [0, 0.1) is 0 Å². The fourth-order valence-corrected chi connectivity index (χ4v) is 3.46. The molecule has 0 aromatic heterocycles. The van der Waals surface area contributed by atoms with E-state index in [1.807, 2.05) is 55.4 Å². The summed E-state index contributed by atoms with van der Waals surface area (Å²) in [4.78, 5) is 12.4. The molecule has 2 rings (SSSR count). The van der Waals surface area contributed by atoms with Gasteiger partial charge in [-0.1, -0.05) is 32.6 Å². The highest BCUT2D eigenvalue weighted by atomic mass is 16.7. The van der Waals surface area contributed by atoms with E-state index in [-0.39, 0.29) is 5.47 Å². The van der Waals surface area contributed by atoms with Gasteiger partial charge in [0.2, 0.25) is 0 Å². The molecular weight excluding hydrogens is 370 g/mol. The Morgan fingerprint density at radius 1 is 0.724 bits per heavy atom. The number of carboxylic acids is 1. The first-order valence-electron chi connectivity index (χ1n) is 10.8. The molecular formula is C21H38B2O6. The van der Waals surface area contributed by atoms with E-state index in [2.05, 4.69) is 6.92 Å². The van der Waals surface area contributed by atoms with E-state index in [0.717, 1.165) is 25.7 Å². The molecule has 0 aromatic carbocycles. The van der Waals surface area contributed by atoms with Gasteiger partial charge in [0.1, 0.15) is 0 Å². The maximum absolute atomic E-state index is 12.4. The molecule has 0 spiro atoms. The summed E-state index contributed by atoms with van der Waals surface area (Å²) < 4.78 is 24.6. The molecule has 0 aromatic rings. The molecule has 164 valence electrons. The summed E-state index contributed by atoms with van der Waals surface area (Å²) in [5, 5.41) is 10.1. The van der Waals surface area contributed by atoms with Gasteiger partial charge < -0.3 is 23.7 Å². The van der Waals surface area contributed by atoms with Gasteiger partial charge in [0.05, 0.1) is 27.9 Å². The van der Waals surface area contributed by atoms with Gasteiger partial charge in [-0.3, -0.25) is 0 Å². The first-order valence-corrected chi connectivity index (χ1v) is 10.8. The van der Waals surface area contributed by atoms with Crippen LogP contribution in [0.1, 0.15) is 94.4 Å². The monoisotopic (exact) mass is 408 g/mol. The van der Waals surface area contributed by atoms with Crippen molar-refractivity contribution in [3.05, 3.63) is 10.9 Å². The van der Waals surface area contributed by atoms with Gasteiger partial charge in [-0.05, 0) is 67.3 Å². The number of hydrogen-bond acceptors (Lipinski definition) is 5. The zero-order chi connectivity index (χ0) is 22.3. The average molecular weight is 408 g/mol. The predicted octanol–water partition coefficient (Wildman–Crippen LogP) is 4.60. The SMILES string of the molecule is CCCCCC/C(B1OC(C)(C)C(C)(C)O1)=C(/B1OC(C)(C)C(C)(C)O1)C(=O)O. The van der Waals surface area contributed by atoms with Crippen LogP contribution in [0.15, 0.2) is 10.9 Å². The van der Waals surface area contributed by atoms with Gasteiger partial charge in [0.15, 0.2) is 0 Å². The second-order valence-electron chi connectivity index (χ2n) is 10.2. The minimum absolute atomic E-state index is 0.110. The fourth-order valence-electron chi connectivity index (χ4n) is 3.46. The van der Waals surface area contributed by atoms with Crippen molar-refractivity contribution in [1.82, 2.24) is 0 Å². The lowest BCUT2D eigenvalue weighted by atomic mass is 9.63. The number of aliphatic carboxylic acids is 1. The quantitative estimate of drug-likeness (QED) is 0.360. The molecule has 1 N–H and O–H groups in total. The fraction of sp³-hybridized carbons (Fsp3) is 0.857. The van der Waals surface area contributed by atoms with Gasteiger partial charge >= 0.3 is 20.2 Å². The lowest BCUT2D eigenvalue weighted by Crippen LogP contribution is -2.41. The third kappa shape index (κ3) is 4.92. The van der Waals surface area contributed by atoms with Gasteiger partial charge in [-0.2, -0.15) is 0 Å². The van der Waals surface area contributed by atoms with Crippen LogP contribution in [0.4, 0.5) is 0 Å². The van der Waals surface area contributed by atoms with E-state index in [1.54, 1.807) is 0 Å². The van der Waals surface area contributed by atoms with E-state index in [9.17, 15) is 9.90 Å². The largest absolute Gasteiger partial charge is 0.501 e. The van der Waals surface area contributed by atoms with Gasteiger partial charge in [-0.15, -0.1) is 0 Å². The highest BCUT2D eigenvalue weighted by Gasteiger charge is 2.57. The molecule has 2 aliphatic heterocycles. The van der Waals surface area contributed by atoms with Crippen LogP contribution in [0.25, 0.3) is 0 Å². The normalized spacial score (nSPS) is 25.3. The second-order valence-corrected chi connectivity index (χ2v) is 10.2. The van der Waals surface area contributed by atoms with Crippen molar-refractivity contribution in [3.8, 4) is 0 Å². The number of rotatable bonds is 8. The molecule has 29 heavy (non-hydrogen) atoms. The van der Waals surface area contributed by atoms with Gasteiger partial charge in [0, 0.05) is 0 Å². The number of carboxylic acid groups (broad SMARTS) is 1. The van der Waals surface area contributed by atoms with E-state index >= 15 is 0 Å². The Bertz CT molecular complexity index is 622. The molecule has 0 aliphatic carbocycles. The van der Waals surface area contributed by atoms with Crippen LogP contribution in [-0.4, -0.2) is 47.7 Å². The summed E-state index contributed by atoms with van der Waals surface area (Å²) in [6, 6.07) is 0. The Hall–Kier alpha value is -0.820. The first kappa shape index (κ1) is 24.4. The summed E-state index contributed by atoms with van der Waals surface area (Å²) in [6.45, 7) is 17.7. The maximum Gasteiger partial charge on any atom is 0.501 e. The first-order chi connectivity index (χ1) is 13.2. The van der Waals surface area contributed by atoms with Gasteiger partial charge in [-0.25, -0.2) is 4.79 Å². The molecule has 0 unspecified atom stereocenters. The minimum Gasteiger partial charge on any atom is -0.478 e. The summed E-state index contributed by atoms with van der Waals surface area (Å²) in [7, 11) is -1.69. The number of allylic oxidation sites excluding steroid dienone is 1. The zero-order valence-electron chi connectivity index (χ0n) is 19.7. The van der Waals surface area contributed by atoms with E-state index in [0.29, 0.717) is 11.9 Å². The average Bonchev–Trinajstić information content (AvgIpc) is 2.89. The summed E-state index contributed by atoms with van der Waals surface area (Å²) in [5.41, 5.74) is -1.62. The van der Waals surface area contributed by atoms with Crippen LogP contribution in [0.5, 0.6) is 0 Å². The Morgan fingerprint density at radius 3 is 1.52 bits per heavy atom. The van der Waals surface area contributed by atoms with Crippen LogP contribution in [-0.2, 0) is 23.4 Å². The van der Waals surface area contributed by atoms with Crippen molar-refractivity contribution in [1.29, 1.82) is 0 Å². The molecule has 0 bridgehead atoms. The maximum atomic E-state index is 12.4. The summed E-state index contributed by atoms with van der Waals surface area (Å²) >= 11 is 0. The zero-order valence-corrected chi connectivity index (χ0v) is 19.7. The van der Waals surface area contributed by atoms with Crippen LogP contribution < -0.4 is 0 Å². The van der Waals surface area contributed by atoms with E-state index in [4.69, 9.17) is 18.6 Å². The minimum atomic E-state index is -1.05.